The minimum Gasteiger partial charge on any atom is -0.467 e. The average Bonchev–Trinajstić information content (AvgIpc) is 3.28. The summed E-state index contributed by atoms with van der Waals surface area (Å²) in [6.07, 6.45) is -1.95. The van der Waals surface area contributed by atoms with Crippen molar-refractivity contribution >= 4 is 34.1 Å². The first kappa shape index (κ1) is 22.3. The number of esters is 1. The summed E-state index contributed by atoms with van der Waals surface area (Å²) in [5.41, 5.74) is 0.391. The zero-order chi connectivity index (χ0) is 22.2. The van der Waals surface area contributed by atoms with Crippen LogP contribution in [0.25, 0.3) is 0 Å². The predicted molar refractivity (Wildman–Crippen MR) is 107 cm³/mol. The summed E-state index contributed by atoms with van der Waals surface area (Å²) in [4.78, 5) is 39.9. The maximum atomic E-state index is 14.1. The average molecular weight is 487 g/mol. The quantitative estimate of drug-likeness (QED) is 0.469. The maximum absolute atomic E-state index is 14.1. The molecule has 1 aromatic carbocycles. The number of nitrogens with zero attached hydrogens (tertiary/aromatic N) is 2. The summed E-state index contributed by atoms with van der Waals surface area (Å²) in [7, 11) is 1.23. The van der Waals surface area contributed by atoms with E-state index in [-0.39, 0.29) is 31.9 Å². The lowest BCUT2D eigenvalue weighted by atomic mass is 10.1. The number of amides is 2. The van der Waals surface area contributed by atoms with E-state index < -0.39 is 35.9 Å². The van der Waals surface area contributed by atoms with Crippen molar-refractivity contribution < 1.29 is 33.0 Å². The molecule has 2 heterocycles. The first-order valence-electron chi connectivity index (χ1n) is 9.49. The monoisotopic (exact) mass is 486 g/mol. The van der Waals surface area contributed by atoms with Gasteiger partial charge in [0, 0.05) is 16.5 Å². The highest BCUT2D eigenvalue weighted by Crippen LogP contribution is 2.32. The molecule has 10 heteroatoms. The van der Waals surface area contributed by atoms with E-state index in [2.05, 4.69) is 15.9 Å². The van der Waals surface area contributed by atoms with Crippen LogP contribution in [0.2, 0.25) is 0 Å². The molecule has 0 radical (unpaired) electrons. The number of benzene rings is 1. The molecular formula is C20H24BrFN2O6. The van der Waals surface area contributed by atoms with Crippen molar-refractivity contribution in [2.24, 2.45) is 0 Å². The van der Waals surface area contributed by atoms with Crippen molar-refractivity contribution in [3.63, 3.8) is 0 Å². The minimum atomic E-state index is -0.912. The van der Waals surface area contributed by atoms with E-state index in [1.54, 1.807) is 26.8 Å². The molecule has 1 saturated heterocycles. The number of methoxy groups -OCH3 is 1. The first-order valence-corrected chi connectivity index (χ1v) is 10.3. The predicted octanol–water partition coefficient (Wildman–Crippen LogP) is 3.59. The van der Waals surface area contributed by atoms with Gasteiger partial charge >= 0.3 is 18.2 Å². The van der Waals surface area contributed by atoms with Gasteiger partial charge in [0.25, 0.3) is 0 Å². The van der Waals surface area contributed by atoms with Gasteiger partial charge in [-0.3, -0.25) is 9.80 Å². The molecule has 0 aromatic heterocycles. The number of hydrogen-bond acceptors (Lipinski definition) is 6. The van der Waals surface area contributed by atoms with Crippen LogP contribution >= 0.6 is 15.9 Å². The second-order valence-electron chi connectivity index (χ2n) is 8.26. The van der Waals surface area contributed by atoms with E-state index in [0.717, 1.165) is 4.47 Å². The van der Waals surface area contributed by atoms with Crippen LogP contribution in [0.5, 0.6) is 0 Å². The third-order valence-electron chi connectivity index (χ3n) is 4.90. The van der Waals surface area contributed by atoms with Gasteiger partial charge in [-0.05, 0) is 38.5 Å². The number of carbonyl (C=O) groups is 3. The molecule has 3 rings (SSSR count). The molecule has 0 aliphatic carbocycles. The van der Waals surface area contributed by atoms with Crippen molar-refractivity contribution in [3.05, 3.63) is 33.5 Å². The molecule has 164 valence electrons. The Bertz CT molecular complexity index is 841. The Morgan fingerprint density at radius 3 is 2.40 bits per heavy atom. The van der Waals surface area contributed by atoms with E-state index in [4.69, 9.17) is 14.2 Å². The fraction of sp³-hybridized carbons (Fsp3) is 0.550. The van der Waals surface area contributed by atoms with Crippen LogP contribution in [0.3, 0.4) is 0 Å². The first-order chi connectivity index (χ1) is 14.0. The Hall–Kier alpha value is -2.36. The number of halogens is 2. The highest BCUT2D eigenvalue weighted by Gasteiger charge is 2.44. The van der Waals surface area contributed by atoms with Crippen LogP contribution in [-0.4, -0.2) is 59.4 Å². The highest BCUT2D eigenvalue weighted by molar-refractivity contribution is 9.10. The fourth-order valence-electron chi connectivity index (χ4n) is 3.53. The lowest BCUT2D eigenvalue weighted by Crippen LogP contribution is -2.44. The third kappa shape index (κ3) is 4.69. The van der Waals surface area contributed by atoms with Crippen molar-refractivity contribution in [2.45, 2.75) is 58.0 Å². The molecule has 0 N–H and O–H groups in total. The number of hydrogen-bond donors (Lipinski definition) is 0. The van der Waals surface area contributed by atoms with Gasteiger partial charge in [0.05, 0.1) is 26.7 Å². The molecule has 8 nitrogen and oxygen atoms in total. The van der Waals surface area contributed by atoms with Crippen LogP contribution < -0.4 is 0 Å². The number of rotatable bonds is 2. The number of likely N-dealkylation sites (tertiary alicyclic amines) is 1. The standard InChI is InChI=1S/C20H24BrFN2O6/c1-20(2,3)30-19(27)24-8-11(7-16(24)17(25)28-4)29-18(26)23-9-12-13(10-23)15(22)6-5-14(12)21/h5-6,11,16H,7-10H2,1-4H3. The normalized spacial score (nSPS) is 20.7. The topological polar surface area (TPSA) is 85.4 Å². The largest absolute Gasteiger partial charge is 0.467 e. The van der Waals surface area contributed by atoms with Crippen LogP contribution in [0.4, 0.5) is 14.0 Å². The molecular weight excluding hydrogens is 463 g/mol. The van der Waals surface area contributed by atoms with E-state index in [1.165, 1.54) is 23.0 Å². The Balaban J connectivity index is 1.67. The number of fused-ring (bicyclic) bond motifs is 1. The van der Waals surface area contributed by atoms with Gasteiger partial charge in [0.2, 0.25) is 0 Å². The summed E-state index contributed by atoms with van der Waals surface area (Å²) in [5.74, 6) is -0.995. The molecule has 0 spiro atoms. The van der Waals surface area contributed by atoms with Crippen LogP contribution in [0, 0.1) is 5.82 Å². The summed E-state index contributed by atoms with van der Waals surface area (Å²) >= 11 is 3.37. The molecule has 1 aromatic rings. The molecule has 2 aliphatic heterocycles. The van der Waals surface area contributed by atoms with Gasteiger partial charge in [0.15, 0.2) is 0 Å². The van der Waals surface area contributed by atoms with Crippen molar-refractivity contribution in [1.29, 1.82) is 0 Å². The Labute approximate surface area is 182 Å². The van der Waals surface area contributed by atoms with Crippen LogP contribution in [0.15, 0.2) is 16.6 Å². The molecule has 1 fully saturated rings. The highest BCUT2D eigenvalue weighted by atomic mass is 79.9. The van der Waals surface area contributed by atoms with Gasteiger partial charge < -0.3 is 14.2 Å². The summed E-state index contributed by atoms with van der Waals surface area (Å²) in [6, 6.07) is 2.03. The zero-order valence-electron chi connectivity index (χ0n) is 17.2. The zero-order valence-corrected chi connectivity index (χ0v) is 18.8. The number of carbonyl (C=O) groups excluding carboxylic acids is 3. The summed E-state index contributed by atoms with van der Waals surface area (Å²) in [5, 5.41) is 0. The molecule has 30 heavy (non-hydrogen) atoms. The van der Waals surface area contributed by atoms with Gasteiger partial charge in [-0.1, -0.05) is 15.9 Å². The molecule has 2 amide bonds. The lowest BCUT2D eigenvalue weighted by molar-refractivity contribution is -0.145. The molecule has 0 saturated carbocycles. The summed E-state index contributed by atoms with van der Waals surface area (Å²) < 4.78 is 30.4. The molecule has 2 unspecified atom stereocenters. The molecule has 2 atom stereocenters. The van der Waals surface area contributed by atoms with Gasteiger partial charge in [-0.2, -0.15) is 0 Å². The molecule has 0 bridgehead atoms. The summed E-state index contributed by atoms with van der Waals surface area (Å²) in [6.45, 7) is 5.44. The SMILES string of the molecule is COC(=O)C1CC(OC(=O)N2Cc3c(F)ccc(Br)c3C2)CN1C(=O)OC(C)(C)C. The van der Waals surface area contributed by atoms with Crippen LogP contribution in [-0.2, 0) is 32.1 Å². The van der Waals surface area contributed by atoms with E-state index >= 15 is 0 Å². The van der Waals surface area contributed by atoms with Crippen molar-refractivity contribution in [3.8, 4) is 0 Å². The van der Waals surface area contributed by atoms with Crippen LogP contribution in [0.1, 0.15) is 38.3 Å². The second kappa shape index (κ2) is 8.41. The van der Waals surface area contributed by atoms with E-state index in [9.17, 15) is 18.8 Å². The Morgan fingerprint density at radius 2 is 1.80 bits per heavy atom. The van der Waals surface area contributed by atoms with Gasteiger partial charge in [0.1, 0.15) is 23.6 Å². The smallest absolute Gasteiger partial charge is 0.411 e. The Morgan fingerprint density at radius 1 is 1.13 bits per heavy atom. The fourth-order valence-corrected chi connectivity index (χ4v) is 4.02. The minimum absolute atomic E-state index is 0.000730. The van der Waals surface area contributed by atoms with E-state index in [0.29, 0.717) is 11.1 Å². The van der Waals surface area contributed by atoms with E-state index in [1.807, 2.05) is 0 Å². The Kier molecular flexibility index (Phi) is 6.26. The molecule has 2 aliphatic rings. The maximum Gasteiger partial charge on any atom is 0.411 e. The van der Waals surface area contributed by atoms with Gasteiger partial charge in [-0.25, -0.2) is 18.8 Å². The second-order valence-corrected chi connectivity index (χ2v) is 9.11. The third-order valence-corrected chi connectivity index (χ3v) is 5.65. The lowest BCUT2D eigenvalue weighted by Gasteiger charge is -2.27. The van der Waals surface area contributed by atoms with Crippen molar-refractivity contribution in [1.82, 2.24) is 9.80 Å². The van der Waals surface area contributed by atoms with Gasteiger partial charge in [-0.15, -0.1) is 0 Å². The number of ether oxygens (including phenoxy) is 3. The van der Waals surface area contributed by atoms with Crippen molar-refractivity contribution in [2.75, 3.05) is 13.7 Å².